The molecular formula is C14H11F2N5. The summed E-state index contributed by atoms with van der Waals surface area (Å²) in [6.45, 7) is 0.0498. The second kappa shape index (κ2) is 5.66. The van der Waals surface area contributed by atoms with Crippen LogP contribution in [-0.4, -0.2) is 20.6 Å². The van der Waals surface area contributed by atoms with Gasteiger partial charge in [0.15, 0.2) is 0 Å². The molecule has 1 aromatic heterocycles. The van der Waals surface area contributed by atoms with Crippen molar-refractivity contribution in [3.8, 4) is 11.4 Å². The van der Waals surface area contributed by atoms with Crippen LogP contribution in [0, 0.1) is 11.6 Å². The Kier molecular flexibility index (Phi) is 3.55. The number of aromatic nitrogens is 4. The highest BCUT2D eigenvalue weighted by atomic mass is 19.1. The van der Waals surface area contributed by atoms with E-state index in [0.717, 1.165) is 5.56 Å². The highest BCUT2D eigenvalue weighted by Crippen LogP contribution is 2.20. The quantitative estimate of drug-likeness (QED) is 0.774. The van der Waals surface area contributed by atoms with Crippen LogP contribution in [0.2, 0.25) is 0 Å². The number of aromatic amines is 1. The van der Waals surface area contributed by atoms with Gasteiger partial charge >= 0.3 is 0 Å². The van der Waals surface area contributed by atoms with Gasteiger partial charge in [-0.1, -0.05) is 18.2 Å². The van der Waals surface area contributed by atoms with E-state index >= 15 is 0 Å². The van der Waals surface area contributed by atoms with Gasteiger partial charge in [-0.25, -0.2) is 8.78 Å². The Morgan fingerprint density at radius 3 is 2.52 bits per heavy atom. The molecule has 0 spiro atoms. The topological polar surface area (TPSA) is 66.5 Å². The first-order valence-electron chi connectivity index (χ1n) is 6.24. The minimum Gasteiger partial charge on any atom is -0.381 e. The monoisotopic (exact) mass is 287 g/mol. The fourth-order valence-electron chi connectivity index (χ4n) is 1.94. The Hall–Kier alpha value is -2.83. The van der Waals surface area contributed by atoms with E-state index in [-0.39, 0.29) is 12.1 Å². The molecule has 3 rings (SSSR count). The van der Waals surface area contributed by atoms with Crippen LogP contribution in [0.1, 0.15) is 5.56 Å². The lowest BCUT2D eigenvalue weighted by Gasteiger charge is -2.09. The summed E-state index contributed by atoms with van der Waals surface area (Å²) < 4.78 is 27.1. The van der Waals surface area contributed by atoms with E-state index in [2.05, 4.69) is 25.9 Å². The van der Waals surface area contributed by atoms with Crippen molar-refractivity contribution in [1.29, 1.82) is 0 Å². The van der Waals surface area contributed by atoms with Crippen LogP contribution in [0.3, 0.4) is 0 Å². The molecule has 0 saturated heterocycles. The third-order valence-electron chi connectivity index (χ3n) is 3.00. The molecule has 0 unspecified atom stereocenters. The number of hydrogen-bond donors (Lipinski definition) is 2. The van der Waals surface area contributed by atoms with Gasteiger partial charge in [-0.2, -0.15) is 5.21 Å². The number of nitrogens with zero attached hydrogens (tertiary/aromatic N) is 3. The molecule has 0 atom stereocenters. The standard InChI is InChI=1S/C14H11F2N5/c15-12-5-2-6-13(16)11(12)8-17-10-4-1-3-9(7-10)14-18-20-21-19-14/h1-7,17H,8H2,(H,18,19,20,21). The van der Waals surface area contributed by atoms with Crippen molar-refractivity contribution in [3.05, 3.63) is 59.7 Å². The Bertz CT molecular complexity index is 723. The molecule has 0 fully saturated rings. The van der Waals surface area contributed by atoms with Crippen molar-refractivity contribution in [2.24, 2.45) is 0 Å². The molecule has 0 radical (unpaired) electrons. The fraction of sp³-hybridized carbons (Fsp3) is 0.0714. The molecule has 7 heteroatoms. The number of rotatable bonds is 4. The van der Waals surface area contributed by atoms with Crippen molar-refractivity contribution in [2.45, 2.75) is 6.54 Å². The third kappa shape index (κ3) is 2.86. The van der Waals surface area contributed by atoms with Gasteiger partial charge in [0.2, 0.25) is 5.82 Å². The highest BCUT2D eigenvalue weighted by Gasteiger charge is 2.08. The lowest BCUT2D eigenvalue weighted by molar-refractivity contribution is 0.560. The van der Waals surface area contributed by atoms with Gasteiger partial charge in [-0.3, -0.25) is 0 Å². The van der Waals surface area contributed by atoms with E-state index in [1.165, 1.54) is 18.2 Å². The molecule has 1 heterocycles. The van der Waals surface area contributed by atoms with Crippen LogP contribution in [-0.2, 0) is 6.54 Å². The van der Waals surface area contributed by atoms with E-state index in [1.54, 1.807) is 18.2 Å². The van der Waals surface area contributed by atoms with Crippen molar-refractivity contribution in [2.75, 3.05) is 5.32 Å². The van der Waals surface area contributed by atoms with Crippen LogP contribution >= 0.6 is 0 Å². The molecule has 0 aliphatic carbocycles. The second-order valence-electron chi connectivity index (χ2n) is 4.37. The first-order valence-corrected chi connectivity index (χ1v) is 6.24. The number of H-pyrrole nitrogens is 1. The predicted octanol–water partition coefficient (Wildman–Crippen LogP) is 2.76. The molecule has 106 valence electrons. The summed E-state index contributed by atoms with van der Waals surface area (Å²) in [5.74, 6) is -0.690. The van der Waals surface area contributed by atoms with E-state index in [4.69, 9.17) is 0 Å². The number of tetrazole rings is 1. The minimum absolute atomic E-state index is 0.00228. The summed E-state index contributed by atoms with van der Waals surface area (Å²) in [5, 5.41) is 16.6. The first-order chi connectivity index (χ1) is 10.2. The number of benzene rings is 2. The molecule has 3 aromatic rings. The van der Waals surface area contributed by atoms with Crippen molar-refractivity contribution in [1.82, 2.24) is 20.6 Å². The summed E-state index contributed by atoms with van der Waals surface area (Å²) in [6, 6.07) is 11.0. The lowest BCUT2D eigenvalue weighted by atomic mass is 10.1. The Morgan fingerprint density at radius 2 is 1.81 bits per heavy atom. The lowest BCUT2D eigenvalue weighted by Crippen LogP contribution is -2.04. The first kappa shape index (κ1) is 13.2. The molecular weight excluding hydrogens is 276 g/mol. The number of nitrogens with one attached hydrogen (secondary N) is 2. The SMILES string of the molecule is Fc1cccc(F)c1CNc1cccc(-c2nn[nH]n2)c1. The van der Waals surface area contributed by atoms with E-state index < -0.39 is 11.6 Å². The Labute approximate surface area is 119 Å². The van der Waals surface area contributed by atoms with Crippen LogP contribution in [0.15, 0.2) is 42.5 Å². The Morgan fingerprint density at radius 1 is 1.05 bits per heavy atom. The second-order valence-corrected chi connectivity index (χ2v) is 4.37. The highest BCUT2D eigenvalue weighted by molar-refractivity contribution is 5.61. The van der Waals surface area contributed by atoms with Crippen LogP contribution in [0.4, 0.5) is 14.5 Å². The molecule has 0 aliphatic heterocycles. The predicted molar refractivity (Wildman–Crippen MR) is 73.3 cm³/mol. The van der Waals surface area contributed by atoms with Crippen LogP contribution in [0.5, 0.6) is 0 Å². The van der Waals surface area contributed by atoms with Gasteiger partial charge < -0.3 is 5.32 Å². The summed E-state index contributed by atoms with van der Waals surface area (Å²) >= 11 is 0. The van der Waals surface area contributed by atoms with Crippen LogP contribution < -0.4 is 5.32 Å². The van der Waals surface area contributed by atoms with Gasteiger partial charge in [-0.15, -0.1) is 10.2 Å². The van der Waals surface area contributed by atoms with E-state index in [1.807, 2.05) is 6.07 Å². The van der Waals surface area contributed by atoms with E-state index in [9.17, 15) is 8.78 Å². The zero-order valence-electron chi connectivity index (χ0n) is 10.8. The molecule has 21 heavy (non-hydrogen) atoms. The third-order valence-corrected chi connectivity index (χ3v) is 3.00. The molecule has 0 bridgehead atoms. The molecule has 0 saturated carbocycles. The van der Waals surface area contributed by atoms with Crippen molar-refractivity contribution in [3.63, 3.8) is 0 Å². The minimum atomic E-state index is -0.572. The number of halogens is 2. The van der Waals surface area contributed by atoms with Crippen molar-refractivity contribution < 1.29 is 8.78 Å². The molecule has 5 nitrogen and oxygen atoms in total. The maximum Gasteiger partial charge on any atom is 0.204 e. The van der Waals surface area contributed by atoms with Gasteiger partial charge in [0.1, 0.15) is 11.6 Å². The van der Waals surface area contributed by atoms with Gasteiger partial charge in [0.05, 0.1) is 0 Å². The molecule has 2 N–H and O–H groups in total. The summed E-state index contributed by atoms with van der Waals surface area (Å²) in [4.78, 5) is 0. The van der Waals surface area contributed by atoms with Gasteiger partial charge in [-0.05, 0) is 29.5 Å². The summed E-state index contributed by atoms with van der Waals surface area (Å²) in [5.41, 5.74) is 1.46. The normalized spacial score (nSPS) is 10.6. The maximum atomic E-state index is 13.5. The van der Waals surface area contributed by atoms with Gasteiger partial charge in [0.25, 0.3) is 0 Å². The summed E-state index contributed by atoms with van der Waals surface area (Å²) in [7, 11) is 0. The molecule has 0 amide bonds. The largest absolute Gasteiger partial charge is 0.381 e. The average Bonchev–Trinajstić information content (AvgIpc) is 3.01. The Balaban J connectivity index is 1.78. The average molecular weight is 287 g/mol. The zero-order chi connectivity index (χ0) is 14.7. The zero-order valence-corrected chi connectivity index (χ0v) is 10.8. The maximum absolute atomic E-state index is 13.5. The number of hydrogen-bond acceptors (Lipinski definition) is 4. The summed E-state index contributed by atoms with van der Waals surface area (Å²) in [6.07, 6.45) is 0. The smallest absolute Gasteiger partial charge is 0.204 e. The van der Waals surface area contributed by atoms with E-state index in [0.29, 0.717) is 11.5 Å². The molecule has 0 aliphatic rings. The number of anilines is 1. The van der Waals surface area contributed by atoms with Gasteiger partial charge in [0, 0.05) is 23.4 Å². The fourth-order valence-corrected chi connectivity index (χ4v) is 1.94. The molecule has 2 aromatic carbocycles. The van der Waals surface area contributed by atoms with Crippen molar-refractivity contribution >= 4 is 5.69 Å². The van der Waals surface area contributed by atoms with Crippen LogP contribution in [0.25, 0.3) is 11.4 Å².